The number of thiophene rings is 1. The molecule has 0 aliphatic heterocycles. The van der Waals surface area contributed by atoms with Gasteiger partial charge in [-0.1, -0.05) is 42.5 Å². The van der Waals surface area contributed by atoms with Gasteiger partial charge in [-0.25, -0.2) is 0 Å². The lowest BCUT2D eigenvalue weighted by Crippen LogP contribution is -2.55. The molecule has 14 heteroatoms. The van der Waals surface area contributed by atoms with Crippen LogP contribution in [0.1, 0.15) is 32.1 Å². The third-order valence-corrected chi connectivity index (χ3v) is 7.48. The van der Waals surface area contributed by atoms with Crippen LogP contribution in [0.4, 0.5) is 5.69 Å². The van der Waals surface area contributed by atoms with Gasteiger partial charge in [0.25, 0.3) is 0 Å². The van der Waals surface area contributed by atoms with E-state index in [1.165, 1.54) is 0 Å². The molecule has 0 spiro atoms. The maximum Gasteiger partial charge on any atom is 0.305 e. The Labute approximate surface area is 256 Å². The van der Waals surface area contributed by atoms with Crippen molar-refractivity contribution >= 4 is 52.7 Å². The zero-order chi connectivity index (χ0) is 32.2. The maximum atomic E-state index is 13.2. The molecular weight excluding hydrogens is 592 g/mol. The van der Waals surface area contributed by atoms with Crippen molar-refractivity contribution in [3.63, 3.8) is 0 Å². The van der Waals surface area contributed by atoms with Gasteiger partial charge in [0, 0.05) is 23.4 Å². The molecular formula is C30H32N4O9S. The number of hydrogen-bond acceptors (Lipinski definition) is 8. The average molecular weight is 625 g/mol. The summed E-state index contributed by atoms with van der Waals surface area (Å²) >= 11 is 1.56. The van der Waals surface area contributed by atoms with Gasteiger partial charge in [-0.05, 0) is 53.1 Å². The summed E-state index contributed by atoms with van der Waals surface area (Å²) in [5.74, 6) is -6.71. The number of nitrogens with one attached hydrogen (secondary N) is 3. The first-order valence-electron chi connectivity index (χ1n) is 13.5. The van der Waals surface area contributed by atoms with Gasteiger partial charge < -0.3 is 37.0 Å². The molecule has 8 N–H and O–H groups in total. The van der Waals surface area contributed by atoms with Crippen molar-refractivity contribution in [3.8, 4) is 21.6 Å². The highest BCUT2D eigenvalue weighted by atomic mass is 32.1. The van der Waals surface area contributed by atoms with E-state index in [0.717, 1.165) is 21.6 Å². The molecule has 3 aromatic rings. The van der Waals surface area contributed by atoms with Gasteiger partial charge in [0.2, 0.25) is 17.7 Å². The molecule has 13 nitrogen and oxygen atoms in total. The van der Waals surface area contributed by atoms with Crippen LogP contribution in [-0.4, -0.2) is 69.1 Å². The largest absolute Gasteiger partial charge is 0.481 e. The molecule has 44 heavy (non-hydrogen) atoms. The SMILES string of the molecule is NC(=O)[C@H](CCC(=O)O)NC(=O)[C@H](CCC(=O)O)NC(=O)[C@@H](CC(=O)O)Nc1ccc(-c2cc(-c3ccccc3)cs2)cc1. The number of hydrogen-bond donors (Lipinski definition) is 7. The number of carboxylic acids is 3. The molecule has 0 aliphatic rings. The lowest BCUT2D eigenvalue weighted by atomic mass is 10.1. The Balaban J connectivity index is 1.73. The van der Waals surface area contributed by atoms with Gasteiger partial charge in [0.05, 0.1) is 6.42 Å². The summed E-state index contributed by atoms with van der Waals surface area (Å²) in [6.07, 6.45) is -2.41. The molecule has 0 bridgehead atoms. The van der Waals surface area contributed by atoms with E-state index in [1.807, 2.05) is 47.8 Å². The average Bonchev–Trinajstić information content (AvgIpc) is 3.47. The van der Waals surface area contributed by atoms with Crippen LogP contribution in [0.2, 0.25) is 0 Å². The summed E-state index contributed by atoms with van der Waals surface area (Å²) in [6, 6.07) is 14.7. The number of rotatable bonds is 17. The molecule has 0 saturated heterocycles. The number of carbonyl (C=O) groups is 6. The van der Waals surface area contributed by atoms with E-state index in [1.54, 1.807) is 23.5 Å². The Bertz CT molecular complexity index is 1490. The van der Waals surface area contributed by atoms with Crippen molar-refractivity contribution < 1.29 is 44.1 Å². The van der Waals surface area contributed by atoms with Gasteiger partial charge >= 0.3 is 17.9 Å². The minimum absolute atomic E-state index is 0.325. The first-order valence-corrected chi connectivity index (χ1v) is 14.4. The summed E-state index contributed by atoms with van der Waals surface area (Å²) in [5.41, 5.74) is 8.73. The zero-order valence-electron chi connectivity index (χ0n) is 23.4. The van der Waals surface area contributed by atoms with Crippen molar-refractivity contribution in [2.24, 2.45) is 5.73 Å². The molecule has 0 aliphatic carbocycles. The number of carbonyl (C=O) groups excluding carboxylic acids is 3. The van der Waals surface area contributed by atoms with E-state index in [2.05, 4.69) is 22.0 Å². The Morgan fingerprint density at radius 3 is 1.82 bits per heavy atom. The number of primary amides is 1. The number of amides is 3. The van der Waals surface area contributed by atoms with Gasteiger partial charge in [-0.15, -0.1) is 11.3 Å². The first kappa shape index (κ1) is 33.3. The van der Waals surface area contributed by atoms with Crippen molar-refractivity contribution in [2.75, 3.05) is 5.32 Å². The highest BCUT2D eigenvalue weighted by Gasteiger charge is 2.30. The van der Waals surface area contributed by atoms with Crippen LogP contribution in [0, 0.1) is 0 Å². The second kappa shape index (κ2) is 15.8. The van der Waals surface area contributed by atoms with E-state index in [9.17, 15) is 33.9 Å². The van der Waals surface area contributed by atoms with Crippen LogP contribution >= 0.6 is 11.3 Å². The highest BCUT2D eigenvalue weighted by molar-refractivity contribution is 7.14. The lowest BCUT2D eigenvalue weighted by molar-refractivity contribution is -0.140. The fourth-order valence-electron chi connectivity index (χ4n) is 4.22. The third kappa shape index (κ3) is 10.2. The quantitative estimate of drug-likeness (QED) is 0.116. The monoisotopic (exact) mass is 624 g/mol. The number of carboxylic acid groups (broad SMARTS) is 3. The zero-order valence-corrected chi connectivity index (χ0v) is 24.2. The highest BCUT2D eigenvalue weighted by Crippen LogP contribution is 2.33. The number of aliphatic carboxylic acids is 3. The number of anilines is 1. The summed E-state index contributed by atoms with van der Waals surface area (Å²) < 4.78 is 0. The van der Waals surface area contributed by atoms with Crippen LogP contribution in [0.3, 0.4) is 0 Å². The fourth-order valence-corrected chi connectivity index (χ4v) is 5.15. The molecule has 0 saturated carbocycles. The fraction of sp³-hybridized carbons (Fsp3) is 0.267. The minimum atomic E-state index is -1.48. The lowest BCUT2D eigenvalue weighted by Gasteiger charge is -2.24. The van der Waals surface area contributed by atoms with Gasteiger partial charge in [0.1, 0.15) is 18.1 Å². The summed E-state index contributed by atoms with van der Waals surface area (Å²) in [4.78, 5) is 72.4. The second-order valence-corrected chi connectivity index (χ2v) is 10.7. The Kier molecular flexibility index (Phi) is 12.0. The summed E-state index contributed by atoms with van der Waals surface area (Å²) in [5, 5.41) is 36.9. The van der Waals surface area contributed by atoms with Crippen LogP contribution in [0.25, 0.3) is 21.6 Å². The molecule has 3 amide bonds. The van der Waals surface area contributed by atoms with Gasteiger partial charge in [-0.3, -0.25) is 28.8 Å². The van der Waals surface area contributed by atoms with E-state index in [4.69, 9.17) is 15.9 Å². The molecule has 0 unspecified atom stereocenters. The minimum Gasteiger partial charge on any atom is -0.481 e. The third-order valence-electron chi connectivity index (χ3n) is 6.50. The van der Waals surface area contributed by atoms with Crippen LogP contribution in [-0.2, 0) is 28.8 Å². The van der Waals surface area contributed by atoms with Crippen LogP contribution in [0.15, 0.2) is 66.0 Å². The van der Waals surface area contributed by atoms with Crippen molar-refractivity contribution in [1.82, 2.24) is 10.6 Å². The predicted octanol–water partition coefficient (Wildman–Crippen LogP) is 2.52. The number of nitrogens with two attached hydrogens (primary N) is 1. The van der Waals surface area contributed by atoms with E-state index >= 15 is 0 Å². The molecule has 2 aromatic carbocycles. The van der Waals surface area contributed by atoms with E-state index in [-0.39, 0.29) is 6.42 Å². The molecule has 1 heterocycles. The standard InChI is InChI=1S/C30H32N4O9S/c31-28(41)21(10-12-25(35)36)33-29(42)22(11-13-26(37)38)34-30(43)23(15-27(39)40)32-20-8-6-18(7-9-20)24-14-19(16-44-24)17-4-2-1-3-5-17/h1-9,14,16,21-23,32H,10-13,15H2,(H2,31,41)(H,33,42)(H,34,43)(H,35,36)(H,37,38)(H,39,40)/t21-,22-,23+/m0/s1. The molecule has 232 valence electrons. The van der Waals surface area contributed by atoms with Crippen molar-refractivity contribution in [2.45, 2.75) is 50.2 Å². The maximum absolute atomic E-state index is 13.2. The smallest absolute Gasteiger partial charge is 0.305 e. The molecule has 1 aromatic heterocycles. The summed E-state index contributed by atoms with van der Waals surface area (Å²) in [6.45, 7) is 0. The van der Waals surface area contributed by atoms with Crippen LogP contribution < -0.4 is 21.7 Å². The summed E-state index contributed by atoms with van der Waals surface area (Å²) in [7, 11) is 0. The topological polar surface area (TPSA) is 225 Å². The van der Waals surface area contributed by atoms with Crippen molar-refractivity contribution in [1.29, 1.82) is 0 Å². The second-order valence-electron chi connectivity index (χ2n) is 9.83. The molecule has 0 fully saturated rings. The van der Waals surface area contributed by atoms with Gasteiger partial charge in [0.15, 0.2) is 0 Å². The van der Waals surface area contributed by atoms with Crippen LogP contribution in [0.5, 0.6) is 0 Å². The number of benzene rings is 2. The molecule has 3 atom stereocenters. The molecule has 3 rings (SSSR count). The van der Waals surface area contributed by atoms with E-state index < -0.39 is 79.4 Å². The van der Waals surface area contributed by atoms with Gasteiger partial charge in [-0.2, -0.15) is 0 Å². The Morgan fingerprint density at radius 1 is 0.682 bits per heavy atom. The Morgan fingerprint density at radius 2 is 1.25 bits per heavy atom. The van der Waals surface area contributed by atoms with E-state index in [0.29, 0.717) is 5.69 Å². The normalized spacial score (nSPS) is 12.7. The predicted molar refractivity (Wildman–Crippen MR) is 162 cm³/mol. The first-order chi connectivity index (χ1) is 20.9. The molecule has 0 radical (unpaired) electrons. The van der Waals surface area contributed by atoms with Crippen molar-refractivity contribution in [3.05, 3.63) is 66.0 Å². The Hall–Kier alpha value is -5.24.